The summed E-state index contributed by atoms with van der Waals surface area (Å²) in [6.07, 6.45) is 0.940. The molecule has 2 aromatic carbocycles. The monoisotopic (exact) mass is 503 g/mol. The van der Waals surface area contributed by atoms with Crippen LogP contribution in [0.4, 0.5) is 5.69 Å². The third-order valence-electron chi connectivity index (χ3n) is 6.31. The van der Waals surface area contributed by atoms with Crippen molar-refractivity contribution in [2.45, 2.75) is 23.0 Å². The number of carbonyl (C=O) groups is 2. The summed E-state index contributed by atoms with van der Waals surface area (Å²) in [4.78, 5) is 28.1. The summed E-state index contributed by atoms with van der Waals surface area (Å²) in [5.41, 5.74) is 1.75. The van der Waals surface area contributed by atoms with Crippen LogP contribution in [0.25, 0.3) is 0 Å². The Hall–Kier alpha value is -1.66. The molecule has 0 unspecified atom stereocenters. The average Bonchev–Trinajstić information content (AvgIpc) is 3.28. The molecule has 2 amide bonds. The van der Waals surface area contributed by atoms with Gasteiger partial charge in [-0.3, -0.25) is 14.5 Å². The molecular formula is C22H19Br2NO3. The normalized spacial score (nSPS) is 33.5. The Morgan fingerprint density at radius 3 is 2.07 bits per heavy atom. The summed E-state index contributed by atoms with van der Waals surface area (Å²) in [5, 5.41) is 0. The molecule has 0 radical (unpaired) electrons. The van der Waals surface area contributed by atoms with E-state index in [1.165, 1.54) is 4.90 Å². The van der Waals surface area contributed by atoms with Gasteiger partial charge in [-0.1, -0.05) is 44.0 Å². The Labute approximate surface area is 180 Å². The molecule has 4 nitrogen and oxygen atoms in total. The van der Waals surface area contributed by atoms with E-state index in [0.29, 0.717) is 11.4 Å². The number of ether oxygens (including phenoxy) is 1. The van der Waals surface area contributed by atoms with Gasteiger partial charge in [-0.2, -0.15) is 0 Å². The molecule has 2 aromatic rings. The molecule has 5 rings (SSSR count). The summed E-state index contributed by atoms with van der Waals surface area (Å²) in [6.45, 7) is 2.01. The molecule has 0 aromatic heterocycles. The standard InChI is InChI=1S/C22H19Br2NO3/c1-11-3-2-4-14(9-11)28-13-7-5-12(6-8-13)25-21(26)17-15-10-16(18(17)22(25)27)20(24)19(15)23/h2-9,15-20H,10H2,1H3/t15-,16+,17-,18-,19-,20+/m0/s1. The first-order chi connectivity index (χ1) is 13.5. The molecule has 2 aliphatic carbocycles. The Morgan fingerprint density at radius 1 is 0.893 bits per heavy atom. The number of aryl methyl sites for hydroxylation is 1. The van der Waals surface area contributed by atoms with Crippen LogP contribution in [0.1, 0.15) is 12.0 Å². The maximum absolute atomic E-state index is 13.1. The van der Waals surface area contributed by atoms with Gasteiger partial charge in [0.05, 0.1) is 17.5 Å². The molecule has 1 aliphatic heterocycles. The van der Waals surface area contributed by atoms with Crippen molar-refractivity contribution in [3.63, 3.8) is 0 Å². The smallest absolute Gasteiger partial charge is 0.238 e. The number of halogens is 2. The van der Waals surface area contributed by atoms with Crippen molar-refractivity contribution < 1.29 is 14.3 Å². The number of nitrogens with zero attached hydrogens (tertiary/aromatic N) is 1. The Kier molecular flexibility index (Phi) is 4.40. The lowest BCUT2D eigenvalue weighted by atomic mass is 9.81. The maximum Gasteiger partial charge on any atom is 0.238 e. The van der Waals surface area contributed by atoms with Crippen LogP contribution >= 0.6 is 31.9 Å². The van der Waals surface area contributed by atoms with Crippen LogP contribution in [-0.2, 0) is 9.59 Å². The second kappa shape index (κ2) is 6.70. The van der Waals surface area contributed by atoms with Crippen LogP contribution in [0.3, 0.4) is 0 Å². The summed E-state index contributed by atoms with van der Waals surface area (Å²) in [6, 6.07) is 15.0. The van der Waals surface area contributed by atoms with Crippen LogP contribution in [0.5, 0.6) is 11.5 Å². The van der Waals surface area contributed by atoms with Crippen LogP contribution in [0, 0.1) is 30.6 Å². The fourth-order valence-corrected chi connectivity index (χ4v) is 6.95. The van der Waals surface area contributed by atoms with Gasteiger partial charge in [0.2, 0.25) is 11.8 Å². The lowest BCUT2D eigenvalue weighted by Crippen LogP contribution is -2.37. The Morgan fingerprint density at radius 2 is 1.50 bits per heavy atom. The van der Waals surface area contributed by atoms with Crippen molar-refractivity contribution in [2.75, 3.05) is 4.90 Å². The van der Waals surface area contributed by atoms with Gasteiger partial charge in [0, 0.05) is 9.65 Å². The fourth-order valence-electron chi connectivity index (χ4n) is 5.08. The average molecular weight is 505 g/mol. The van der Waals surface area contributed by atoms with E-state index in [0.717, 1.165) is 17.7 Å². The summed E-state index contributed by atoms with van der Waals surface area (Å²) in [7, 11) is 0. The molecule has 28 heavy (non-hydrogen) atoms. The number of carbonyl (C=O) groups excluding carboxylic acids is 2. The number of benzene rings is 2. The number of hydrogen-bond donors (Lipinski definition) is 0. The molecule has 2 bridgehead atoms. The van der Waals surface area contributed by atoms with Gasteiger partial charge in [-0.15, -0.1) is 0 Å². The number of amides is 2. The van der Waals surface area contributed by atoms with Gasteiger partial charge >= 0.3 is 0 Å². The SMILES string of the molecule is Cc1cccc(Oc2ccc(N3C(=O)[C@H]4[C@@H]5C[C@@H]([C@@H](Br)[C@H]5Br)[C@@H]4C3=O)cc2)c1. The van der Waals surface area contributed by atoms with Gasteiger partial charge in [-0.25, -0.2) is 0 Å². The number of fused-ring (bicyclic) bond motifs is 5. The minimum absolute atomic E-state index is 0.0568. The number of hydrogen-bond acceptors (Lipinski definition) is 3. The molecule has 0 spiro atoms. The fraction of sp³-hybridized carbons (Fsp3) is 0.364. The molecule has 3 fully saturated rings. The van der Waals surface area contributed by atoms with Gasteiger partial charge in [0.1, 0.15) is 11.5 Å². The van der Waals surface area contributed by atoms with Crippen LogP contribution in [0.15, 0.2) is 48.5 Å². The molecule has 2 saturated carbocycles. The van der Waals surface area contributed by atoms with Crippen molar-refractivity contribution >= 4 is 49.4 Å². The minimum atomic E-state index is -0.195. The summed E-state index contributed by atoms with van der Waals surface area (Å²) >= 11 is 7.44. The van der Waals surface area contributed by atoms with Gasteiger partial charge < -0.3 is 4.74 Å². The Bertz CT molecular complexity index is 929. The minimum Gasteiger partial charge on any atom is -0.457 e. The number of anilines is 1. The van der Waals surface area contributed by atoms with E-state index in [2.05, 4.69) is 31.9 Å². The van der Waals surface area contributed by atoms with Gasteiger partial charge in [-0.05, 0) is 67.1 Å². The topological polar surface area (TPSA) is 46.6 Å². The molecule has 1 saturated heterocycles. The second-order valence-corrected chi connectivity index (χ2v) is 10.0. The highest BCUT2D eigenvalue weighted by molar-refractivity contribution is 9.12. The highest BCUT2D eigenvalue weighted by Gasteiger charge is 2.66. The largest absolute Gasteiger partial charge is 0.457 e. The predicted octanol–water partition coefficient (Wildman–Crippen LogP) is 5.07. The van der Waals surface area contributed by atoms with Crippen LogP contribution in [0.2, 0.25) is 0 Å². The zero-order chi connectivity index (χ0) is 19.6. The molecule has 0 N–H and O–H groups in total. The van der Waals surface area contributed by atoms with Gasteiger partial charge in [0.25, 0.3) is 0 Å². The third-order valence-corrected chi connectivity index (χ3v) is 9.51. The number of alkyl halides is 2. The second-order valence-electron chi connectivity index (χ2n) is 7.93. The zero-order valence-electron chi connectivity index (χ0n) is 15.2. The van der Waals surface area contributed by atoms with Crippen LogP contribution in [-0.4, -0.2) is 21.5 Å². The van der Waals surface area contributed by atoms with Gasteiger partial charge in [0.15, 0.2) is 0 Å². The van der Waals surface area contributed by atoms with E-state index < -0.39 is 0 Å². The molecule has 6 atom stereocenters. The highest BCUT2D eigenvalue weighted by atomic mass is 79.9. The maximum atomic E-state index is 13.1. The first-order valence-corrected chi connectivity index (χ1v) is 11.3. The van der Waals surface area contributed by atoms with E-state index >= 15 is 0 Å². The third kappa shape index (κ3) is 2.68. The van der Waals surface area contributed by atoms with Crippen molar-refractivity contribution in [3.05, 3.63) is 54.1 Å². The first kappa shape index (κ1) is 18.4. The highest BCUT2D eigenvalue weighted by Crippen LogP contribution is 2.60. The molecular weight excluding hydrogens is 486 g/mol. The lowest BCUT2D eigenvalue weighted by Gasteiger charge is -2.28. The van der Waals surface area contributed by atoms with E-state index in [9.17, 15) is 9.59 Å². The van der Waals surface area contributed by atoms with Crippen molar-refractivity contribution in [1.82, 2.24) is 0 Å². The lowest BCUT2D eigenvalue weighted by molar-refractivity contribution is -0.123. The quantitative estimate of drug-likeness (QED) is 0.433. The Balaban J connectivity index is 1.38. The zero-order valence-corrected chi connectivity index (χ0v) is 18.4. The van der Waals surface area contributed by atoms with E-state index in [1.54, 1.807) is 12.1 Å². The molecule has 6 heteroatoms. The van der Waals surface area contributed by atoms with E-state index in [4.69, 9.17) is 4.74 Å². The van der Waals surface area contributed by atoms with E-state index in [-0.39, 0.29) is 45.1 Å². The summed E-state index contributed by atoms with van der Waals surface area (Å²) < 4.78 is 5.88. The molecule has 3 aliphatic rings. The molecule has 144 valence electrons. The van der Waals surface area contributed by atoms with E-state index in [1.807, 2.05) is 43.3 Å². The molecule has 1 heterocycles. The van der Waals surface area contributed by atoms with Crippen molar-refractivity contribution in [1.29, 1.82) is 0 Å². The predicted molar refractivity (Wildman–Crippen MR) is 114 cm³/mol. The van der Waals surface area contributed by atoms with Crippen LogP contribution < -0.4 is 9.64 Å². The number of rotatable bonds is 3. The number of imide groups is 1. The van der Waals surface area contributed by atoms with Crippen molar-refractivity contribution in [2.24, 2.45) is 23.7 Å². The first-order valence-electron chi connectivity index (χ1n) is 9.46. The summed E-state index contributed by atoms with van der Waals surface area (Å²) in [5.74, 6) is 1.39. The van der Waals surface area contributed by atoms with Crippen molar-refractivity contribution in [3.8, 4) is 11.5 Å².